The Morgan fingerprint density at radius 2 is 1.58 bits per heavy atom. The van der Waals surface area contributed by atoms with Crippen molar-refractivity contribution in [3.8, 4) is 0 Å². The molecule has 0 saturated heterocycles. The number of anilines is 1. The average Bonchev–Trinajstić information content (AvgIpc) is 2.25. The van der Waals surface area contributed by atoms with Crippen molar-refractivity contribution in [3.63, 3.8) is 0 Å². The van der Waals surface area contributed by atoms with Crippen LogP contribution >= 0.6 is 0 Å². The second kappa shape index (κ2) is 5.18. The highest BCUT2D eigenvalue weighted by atomic mass is 16.1. The van der Waals surface area contributed by atoms with Crippen LogP contribution in [0.4, 0.5) is 5.69 Å². The molecule has 0 aliphatic carbocycles. The lowest BCUT2D eigenvalue weighted by atomic mass is 10.1. The molecule has 4 nitrogen and oxygen atoms in total. The van der Waals surface area contributed by atoms with Crippen molar-refractivity contribution in [2.75, 3.05) is 5.32 Å². The highest BCUT2D eigenvalue weighted by molar-refractivity contribution is 6.03. The normalized spacial score (nSPS) is 10.3. The van der Waals surface area contributed by atoms with E-state index in [4.69, 9.17) is 0 Å². The minimum Gasteiger partial charge on any atom is -0.321 e. The van der Waals surface area contributed by atoms with Gasteiger partial charge in [-0.3, -0.25) is 4.79 Å². The highest BCUT2D eigenvalue weighted by Gasteiger charge is 2.09. The van der Waals surface area contributed by atoms with Gasteiger partial charge in [-0.05, 0) is 57.0 Å². The lowest BCUT2D eigenvalue weighted by Crippen LogP contribution is -2.15. The van der Waals surface area contributed by atoms with E-state index in [0.717, 1.165) is 22.5 Å². The van der Waals surface area contributed by atoms with Crippen molar-refractivity contribution in [1.29, 1.82) is 0 Å². The van der Waals surface area contributed by atoms with Gasteiger partial charge in [0, 0.05) is 11.4 Å². The number of benzene rings is 1. The van der Waals surface area contributed by atoms with Gasteiger partial charge in [0.05, 0.1) is 0 Å². The number of nitrogens with one attached hydrogen (secondary N) is 1. The molecule has 0 atom stereocenters. The monoisotopic (exact) mass is 255 g/mol. The molecule has 1 aromatic heterocycles. The largest absolute Gasteiger partial charge is 0.321 e. The molecule has 0 unspecified atom stereocenters. The van der Waals surface area contributed by atoms with Crippen LogP contribution in [0.1, 0.15) is 33.1 Å². The standard InChI is InChI=1S/C15H17N3O/c1-9-5-10(2)7-13(6-9)18-15(19)14-8-11(3)16-12(4)17-14/h5-8H,1-4H3,(H,18,19). The second-order valence-corrected chi connectivity index (χ2v) is 4.77. The van der Waals surface area contributed by atoms with Crippen molar-refractivity contribution in [3.05, 3.63) is 52.6 Å². The summed E-state index contributed by atoms with van der Waals surface area (Å²) in [7, 11) is 0. The van der Waals surface area contributed by atoms with Gasteiger partial charge in [-0.25, -0.2) is 9.97 Å². The van der Waals surface area contributed by atoms with Crippen molar-refractivity contribution < 1.29 is 4.79 Å². The van der Waals surface area contributed by atoms with Gasteiger partial charge in [-0.1, -0.05) is 6.07 Å². The number of rotatable bonds is 2. The molecule has 0 aliphatic heterocycles. The zero-order valence-corrected chi connectivity index (χ0v) is 11.6. The number of amides is 1. The molecule has 0 fully saturated rings. The Bertz CT molecular complexity index is 595. The van der Waals surface area contributed by atoms with Gasteiger partial charge in [0.25, 0.3) is 5.91 Å². The molecule has 0 aliphatic rings. The first-order chi connectivity index (χ1) is 8.94. The maximum atomic E-state index is 12.1. The third kappa shape index (κ3) is 3.37. The number of aromatic nitrogens is 2. The second-order valence-electron chi connectivity index (χ2n) is 4.77. The van der Waals surface area contributed by atoms with Crippen LogP contribution < -0.4 is 5.32 Å². The molecule has 1 heterocycles. The summed E-state index contributed by atoms with van der Waals surface area (Å²) in [5, 5.41) is 2.87. The summed E-state index contributed by atoms with van der Waals surface area (Å²) < 4.78 is 0. The van der Waals surface area contributed by atoms with Crippen LogP contribution in [0.3, 0.4) is 0 Å². The first-order valence-corrected chi connectivity index (χ1v) is 6.16. The van der Waals surface area contributed by atoms with Crippen LogP contribution in [0.25, 0.3) is 0 Å². The van der Waals surface area contributed by atoms with E-state index < -0.39 is 0 Å². The van der Waals surface area contributed by atoms with E-state index in [1.165, 1.54) is 0 Å². The number of hydrogen-bond acceptors (Lipinski definition) is 3. The molecule has 0 bridgehead atoms. The average molecular weight is 255 g/mol. The smallest absolute Gasteiger partial charge is 0.274 e. The SMILES string of the molecule is Cc1cc(C)cc(NC(=O)c2cc(C)nc(C)n2)c1. The van der Waals surface area contributed by atoms with Crippen LogP contribution in [-0.4, -0.2) is 15.9 Å². The lowest BCUT2D eigenvalue weighted by molar-refractivity contribution is 0.102. The molecule has 0 radical (unpaired) electrons. The molecule has 1 aromatic carbocycles. The molecule has 2 rings (SSSR count). The van der Waals surface area contributed by atoms with Gasteiger partial charge in [-0.15, -0.1) is 0 Å². The van der Waals surface area contributed by atoms with E-state index >= 15 is 0 Å². The lowest BCUT2D eigenvalue weighted by Gasteiger charge is -2.08. The van der Waals surface area contributed by atoms with E-state index in [2.05, 4.69) is 21.4 Å². The van der Waals surface area contributed by atoms with Gasteiger partial charge in [-0.2, -0.15) is 0 Å². The van der Waals surface area contributed by atoms with Crippen LogP contribution in [0.2, 0.25) is 0 Å². The Labute approximate surface area is 112 Å². The van der Waals surface area contributed by atoms with Crippen LogP contribution in [0, 0.1) is 27.7 Å². The van der Waals surface area contributed by atoms with Gasteiger partial charge >= 0.3 is 0 Å². The molecule has 98 valence electrons. The van der Waals surface area contributed by atoms with E-state index in [1.54, 1.807) is 13.0 Å². The molecule has 0 saturated carbocycles. The summed E-state index contributed by atoms with van der Waals surface area (Å²) in [4.78, 5) is 20.5. The number of hydrogen-bond donors (Lipinski definition) is 1. The summed E-state index contributed by atoms with van der Waals surface area (Å²) in [6.45, 7) is 7.63. The Morgan fingerprint density at radius 1 is 0.947 bits per heavy atom. The van der Waals surface area contributed by atoms with Crippen LogP contribution in [0.15, 0.2) is 24.3 Å². The Hall–Kier alpha value is -2.23. The van der Waals surface area contributed by atoms with Crippen molar-refractivity contribution in [2.45, 2.75) is 27.7 Å². The van der Waals surface area contributed by atoms with Crippen molar-refractivity contribution in [1.82, 2.24) is 9.97 Å². The molecular weight excluding hydrogens is 238 g/mol. The summed E-state index contributed by atoms with van der Waals surface area (Å²) >= 11 is 0. The Balaban J connectivity index is 2.25. The zero-order valence-electron chi connectivity index (χ0n) is 11.6. The number of carbonyl (C=O) groups is 1. The predicted molar refractivity (Wildman–Crippen MR) is 75.4 cm³/mol. The number of carbonyl (C=O) groups excluding carboxylic acids is 1. The van der Waals surface area contributed by atoms with E-state index in [-0.39, 0.29) is 5.91 Å². The molecule has 4 heteroatoms. The third-order valence-corrected chi connectivity index (χ3v) is 2.68. The molecular formula is C15H17N3O. The van der Waals surface area contributed by atoms with Gasteiger partial charge < -0.3 is 5.32 Å². The first kappa shape index (κ1) is 13.2. The summed E-state index contributed by atoms with van der Waals surface area (Å²) in [6, 6.07) is 7.62. The van der Waals surface area contributed by atoms with Gasteiger partial charge in [0.15, 0.2) is 0 Å². The van der Waals surface area contributed by atoms with Gasteiger partial charge in [0.1, 0.15) is 11.5 Å². The molecule has 1 N–H and O–H groups in total. The van der Waals surface area contributed by atoms with E-state index in [9.17, 15) is 4.79 Å². The summed E-state index contributed by atoms with van der Waals surface area (Å²) in [6.07, 6.45) is 0. The molecule has 1 amide bonds. The fraction of sp³-hybridized carbons (Fsp3) is 0.267. The Kier molecular flexibility index (Phi) is 3.60. The quantitative estimate of drug-likeness (QED) is 0.897. The summed E-state index contributed by atoms with van der Waals surface area (Å²) in [5.41, 5.74) is 4.20. The first-order valence-electron chi connectivity index (χ1n) is 6.16. The summed E-state index contributed by atoms with van der Waals surface area (Å²) in [5.74, 6) is 0.393. The highest BCUT2D eigenvalue weighted by Crippen LogP contribution is 2.14. The minimum atomic E-state index is -0.210. The minimum absolute atomic E-state index is 0.210. The molecule has 19 heavy (non-hydrogen) atoms. The zero-order chi connectivity index (χ0) is 14.0. The van der Waals surface area contributed by atoms with Crippen molar-refractivity contribution >= 4 is 11.6 Å². The van der Waals surface area contributed by atoms with Crippen LogP contribution in [-0.2, 0) is 0 Å². The Morgan fingerprint density at radius 3 is 2.16 bits per heavy atom. The van der Waals surface area contributed by atoms with E-state index in [1.807, 2.05) is 32.9 Å². The van der Waals surface area contributed by atoms with Crippen LogP contribution in [0.5, 0.6) is 0 Å². The maximum Gasteiger partial charge on any atom is 0.274 e. The fourth-order valence-electron chi connectivity index (χ4n) is 2.08. The third-order valence-electron chi connectivity index (χ3n) is 2.68. The predicted octanol–water partition coefficient (Wildman–Crippen LogP) is 2.96. The topological polar surface area (TPSA) is 54.9 Å². The van der Waals surface area contributed by atoms with E-state index in [0.29, 0.717) is 11.5 Å². The number of aryl methyl sites for hydroxylation is 4. The molecule has 2 aromatic rings. The maximum absolute atomic E-state index is 12.1. The van der Waals surface area contributed by atoms with Crippen molar-refractivity contribution in [2.24, 2.45) is 0 Å². The molecule has 0 spiro atoms. The van der Waals surface area contributed by atoms with Gasteiger partial charge in [0.2, 0.25) is 0 Å². The fourth-order valence-corrected chi connectivity index (χ4v) is 2.08. The number of nitrogens with zero attached hydrogens (tertiary/aromatic N) is 2.